The lowest BCUT2D eigenvalue weighted by Gasteiger charge is -2.30. The maximum atomic E-state index is 12.8. The number of hydrogen-bond acceptors (Lipinski definition) is 5. The molecule has 4 rings (SSSR count). The van der Waals surface area contributed by atoms with Crippen LogP contribution in [-0.4, -0.2) is 44.9 Å². The summed E-state index contributed by atoms with van der Waals surface area (Å²) in [7, 11) is -3.48. The lowest BCUT2D eigenvalue weighted by atomic mass is 10.0. The van der Waals surface area contributed by atoms with Crippen molar-refractivity contribution in [3.8, 4) is 11.8 Å². The molecule has 0 aromatic heterocycles. The summed E-state index contributed by atoms with van der Waals surface area (Å²) in [5.74, 6) is 0.264. The van der Waals surface area contributed by atoms with E-state index in [4.69, 9.17) is 10.00 Å². The Morgan fingerprint density at radius 1 is 1.07 bits per heavy atom. The first kappa shape index (κ1) is 20.4. The van der Waals surface area contributed by atoms with Gasteiger partial charge in [-0.25, -0.2) is 8.42 Å². The summed E-state index contributed by atoms with van der Waals surface area (Å²) in [6.45, 7) is 1.54. The summed E-state index contributed by atoms with van der Waals surface area (Å²) in [6.07, 6.45) is 3.27. The largest absolute Gasteiger partial charge is 0.484 e. The van der Waals surface area contributed by atoms with Crippen LogP contribution in [-0.2, 0) is 21.2 Å². The molecule has 1 saturated heterocycles. The normalized spacial score (nSPS) is 16.7. The van der Waals surface area contributed by atoms with Gasteiger partial charge in [-0.1, -0.05) is 6.07 Å². The van der Waals surface area contributed by atoms with Gasteiger partial charge in [0.15, 0.2) is 6.61 Å². The zero-order chi connectivity index (χ0) is 21.1. The van der Waals surface area contributed by atoms with Crippen LogP contribution in [0.15, 0.2) is 47.4 Å². The van der Waals surface area contributed by atoms with Gasteiger partial charge in [0.05, 0.1) is 16.5 Å². The zero-order valence-corrected chi connectivity index (χ0v) is 17.4. The molecule has 1 amide bonds. The predicted octanol–water partition coefficient (Wildman–Crippen LogP) is 2.70. The number of fused-ring (bicyclic) bond motifs is 1. The Kier molecular flexibility index (Phi) is 5.75. The summed E-state index contributed by atoms with van der Waals surface area (Å²) in [6, 6.07) is 13.7. The molecule has 0 spiro atoms. The Labute approximate surface area is 176 Å². The smallest absolute Gasteiger partial charge is 0.264 e. The minimum Gasteiger partial charge on any atom is -0.484 e. The standard InChI is InChI=1S/C22H23N3O4S/c23-15-17-5-3-7-19(13-17)29-16-22(26)25-12-4-6-18-14-20(8-9-21(18)25)30(27,28)24-10-1-2-11-24/h3,5,7-9,13-14H,1-2,4,6,10-12,16H2. The predicted molar refractivity (Wildman–Crippen MR) is 112 cm³/mol. The highest BCUT2D eigenvalue weighted by molar-refractivity contribution is 7.89. The molecule has 7 nitrogen and oxygen atoms in total. The SMILES string of the molecule is N#Cc1cccc(OCC(=O)N2CCCc3cc(S(=O)(=O)N4CCCC4)ccc32)c1. The van der Waals surface area contributed by atoms with Gasteiger partial charge in [-0.05, 0) is 67.6 Å². The number of carbonyl (C=O) groups excluding carboxylic acids is 1. The summed E-state index contributed by atoms with van der Waals surface area (Å²) in [5.41, 5.74) is 2.07. The van der Waals surface area contributed by atoms with E-state index >= 15 is 0 Å². The molecule has 1 fully saturated rings. The van der Waals surface area contributed by atoms with Crippen LogP contribution in [0.4, 0.5) is 5.69 Å². The van der Waals surface area contributed by atoms with Crippen molar-refractivity contribution in [2.75, 3.05) is 31.1 Å². The van der Waals surface area contributed by atoms with Crippen LogP contribution in [0.2, 0.25) is 0 Å². The molecule has 2 aromatic carbocycles. The maximum Gasteiger partial charge on any atom is 0.264 e. The van der Waals surface area contributed by atoms with E-state index in [-0.39, 0.29) is 12.5 Å². The van der Waals surface area contributed by atoms with Crippen LogP contribution in [0, 0.1) is 11.3 Å². The van der Waals surface area contributed by atoms with Gasteiger partial charge in [-0.3, -0.25) is 4.79 Å². The molecule has 2 heterocycles. The molecule has 0 aliphatic carbocycles. The molecule has 0 bridgehead atoms. The van der Waals surface area contributed by atoms with E-state index in [2.05, 4.69) is 0 Å². The summed E-state index contributed by atoms with van der Waals surface area (Å²) >= 11 is 0. The molecule has 30 heavy (non-hydrogen) atoms. The van der Waals surface area contributed by atoms with Crippen molar-refractivity contribution < 1.29 is 17.9 Å². The fourth-order valence-corrected chi connectivity index (χ4v) is 5.52. The van der Waals surface area contributed by atoms with E-state index in [1.165, 1.54) is 4.31 Å². The number of ether oxygens (including phenoxy) is 1. The quantitative estimate of drug-likeness (QED) is 0.735. The summed E-state index contributed by atoms with van der Waals surface area (Å²) in [4.78, 5) is 14.7. The number of nitriles is 1. The highest BCUT2D eigenvalue weighted by Crippen LogP contribution is 2.31. The molecule has 2 aromatic rings. The number of sulfonamides is 1. The third kappa shape index (κ3) is 4.04. The topological polar surface area (TPSA) is 90.7 Å². The van der Waals surface area contributed by atoms with Gasteiger partial charge in [0, 0.05) is 25.3 Å². The molecule has 2 aliphatic rings. The van der Waals surface area contributed by atoms with Gasteiger partial charge in [-0.2, -0.15) is 9.57 Å². The lowest BCUT2D eigenvalue weighted by Crippen LogP contribution is -2.38. The van der Waals surface area contributed by atoms with Crippen molar-refractivity contribution >= 4 is 21.6 Å². The number of nitrogens with zero attached hydrogens (tertiary/aromatic N) is 3. The first-order valence-corrected chi connectivity index (χ1v) is 11.5. The lowest BCUT2D eigenvalue weighted by molar-refractivity contribution is -0.120. The van der Waals surface area contributed by atoms with Crippen molar-refractivity contribution in [1.29, 1.82) is 5.26 Å². The number of amides is 1. The highest BCUT2D eigenvalue weighted by Gasteiger charge is 2.29. The van der Waals surface area contributed by atoms with E-state index in [9.17, 15) is 13.2 Å². The van der Waals surface area contributed by atoms with E-state index < -0.39 is 10.0 Å². The second kappa shape index (κ2) is 8.46. The maximum absolute atomic E-state index is 12.8. The van der Waals surface area contributed by atoms with Crippen molar-refractivity contribution in [2.45, 2.75) is 30.6 Å². The van der Waals surface area contributed by atoms with Gasteiger partial charge in [0.25, 0.3) is 5.91 Å². The third-order valence-electron chi connectivity index (χ3n) is 5.50. The molecule has 2 aliphatic heterocycles. The third-order valence-corrected chi connectivity index (χ3v) is 7.39. The highest BCUT2D eigenvalue weighted by atomic mass is 32.2. The Morgan fingerprint density at radius 3 is 2.63 bits per heavy atom. The van der Waals surface area contributed by atoms with E-state index in [1.54, 1.807) is 47.4 Å². The minimum absolute atomic E-state index is 0.151. The van der Waals surface area contributed by atoms with Gasteiger partial charge < -0.3 is 9.64 Å². The van der Waals surface area contributed by atoms with Crippen LogP contribution in [0.1, 0.15) is 30.4 Å². The van der Waals surface area contributed by atoms with Crippen LogP contribution in [0.3, 0.4) is 0 Å². The minimum atomic E-state index is -3.48. The average Bonchev–Trinajstić information content (AvgIpc) is 3.32. The van der Waals surface area contributed by atoms with E-state index in [0.717, 1.165) is 36.9 Å². The molecule has 0 radical (unpaired) electrons. The first-order valence-electron chi connectivity index (χ1n) is 10.1. The van der Waals surface area contributed by atoms with Gasteiger partial charge in [-0.15, -0.1) is 0 Å². The van der Waals surface area contributed by atoms with Crippen LogP contribution < -0.4 is 9.64 Å². The number of carbonyl (C=O) groups is 1. The van der Waals surface area contributed by atoms with Crippen LogP contribution in [0.5, 0.6) is 5.75 Å². The Morgan fingerprint density at radius 2 is 1.87 bits per heavy atom. The molecular weight excluding hydrogens is 402 g/mol. The average molecular weight is 426 g/mol. The molecule has 0 atom stereocenters. The number of hydrogen-bond donors (Lipinski definition) is 0. The Balaban J connectivity index is 1.50. The monoisotopic (exact) mass is 425 g/mol. The second-order valence-electron chi connectivity index (χ2n) is 7.48. The molecule has 0 unspecified atom stereocenters. The second-order valence-corrected chi connectivity index (χ2v) is 9.42. The molecule has 8 heteroatoms. The van der Waals surface area contributed by atoms with Gasteiger partial charge in [0.1, 0.15) is 5.75 Å². The zero-order valence-electron chi connectivity index (χ0n) is 16.6. The number of aryl methyl sites for hydroxylation is 1. The fraction of sp³-hybridized carbons (Fsp3) is 0.364. The Bertz CT molecular complexity index is 1100. The molecular formula is C22H23N3O4S. The van der Waals surface area contributed by atoms with Crippen molar-refractivity contribution in [3.63, 3.8) is 0 Å². The molecule has 156 valence electrons. The van der Waals surface area contributed by atoms with Crippen molar-refractivity contribution in [3.05, 3.63) is 53.6 Å². The van der Waals surface area contributed by atoms with Crippen molar-refractivity contribution in [1.82, 2.24) is 4.31 Å². The van der Waals surface area contributed by atoms with Gasteiger partial charge in [0.2, 0.25) is 10.0 Å². The fourth-order valence-electron chi connectivity index (χ4n) is 3.95. The van der Waals surface area contributed by atoms with Crippen LogP contribution in [0.25, 0.3) is 0 Å². The first-order chi connectivity index (χ1) is 14.5. The summed E-state index contributed by atoms with van der Waals surface area (Å²) in [5, 5.41) is 8.97. The van der Waals surface area contributed by atoms with Gasteiger partial charge >= 0.3 is 0 Å². The number of benzene rings is 2. The van der Waals surface area contributed by atoms with Crippen LogP contribution >= 0.6 is 0 Å². The summed E-state index contributed by atoms with van der Waals surface area (Å²) < 4.78 is 32.8. The number of rotatable bonds is 5. The van der Waals surface area contributed by atoms with E-state index in [1.807, 2.05) is 6.07 Å². The molecule has 0 N–H and O–H groups in total. The van der Waals surface area contributed by atoms with Crippen molar-refractivity contribution in [2.24, 2.45) is 0 Å². The Hall–Kier alpha value is -2.89. The number of anilines is 1. The van der Waals surface area contributed by atoms with E-state index in [0.29, 0.717) is 35.8 Å². The molecule has 0 saturated carbocycles.